The zero-order valence-electron chi connectivity index (χ0n) is 10.5. The second-order valence-corrected chi connectivity index (χ2v) is 4.41. The average Bonchev–Trinajstić information content (AvgIpc) is 2.50. The number of benzene rings is 1. The van der Waals surface area contributed by atoms with Crippen molar-refractivity contribution in [3.63, 3.8) is 0 Å². The zero-order valence-corrected chi connectivity index (χ0v) is 11.3. The monoisotopic (exact) mass is 308 g/mol. The Morgan fingerprint density at radius 1 is 1.38 bits per heavy atom. The van der Waals surface area contributed by atoms with E-state index in [4.69, 9.17) is 22.5 Å². The first-order valence-electron chi connectivity index (χ1n) is 5.71. The average molecular weight is 309 g/mol. The molecule has 0 atom stereocenters. The summed E-state index contributed by atoms with van der Waals surface area (Å²) in [6, 6.07) is 6.77. The van der Waals surface area contributed by atoms with Gasteiger partial charge in [-0.25, -0.2) is 4.39 Å². The van der Waals surface area contributed by atoms with Crippen LogP contribution in [0.25, 0.3) is 0 Å². The molecule has 0 aliphatic carbocycles. The van der Waals surface area contributed by atoms with E-state index in [1.807, 2.05) is 0 Å². The lowest BCUT2D eigenvalue weighted by atomic mass is 10.2. The number of amides is 1. The summed E-state index contributed by atoms with van der Waals surface area (Å²) < 4.78 is 13.3. The van der Waals surface area contributed by atoms with Gasteiger partial charge in [-0.2, -0.15) is 0 Å². The van der Waals surface area contributed by atoms with Crippen LogP contribution in [0, 0.1) is 5.82 Å². The van der Waals surface area contributed by atoms with Gasteiger partial charge in [0.25, 0.3) is 5.91 Å². The Balaban J connectivity index is 2.14. The number of amidine groups is 1. The van der Waals surface area contributed by atoms with Gasteiger partial charge >= 0.3 is 0 Å². The number of hydrogen-bond donors (Lipinski definition) is 3. The highest BCUT2D eigenvalue weighted by Gasteiger charge is 2.10. The van der Waals surface area contributed by atoms with Gasteiger partial charge in [0.1, 0.15) is 11.5 Å². The molecule has 0 radical (unpaired) electrons. The molecule has 0 spiro atoms. The fourth-order valence-electron chi connectivity index (χ4n) is 1.51. The molecule has 0 saturated carbocycles. The molecule has 6 nitrogen and oxygen atoms in total. The van der Waals surface area contributed by atoms with Gasteiger partial charge in [0.15, 0.2) is 5.84 Å². The second kappa shape index (κ2) is 6.19. The van der Waals surface area contributed by atoms with E-state index < -0.39 is 11.7 Å². The lowest BCUT2D eigenvalue weighted by molar-refractivity contribution is 0.102. The van der Waals surface area contributed by atoms with E-state index in [-0.39, 0.29) is 22.2 Å². The highest BCUT2D eigenvalue weighted by molar-refractivity contribution is 6.30. The third kappa shape index (κ3) is 3.46. The number of hydrogen-bond acceptors (Lipinski definition) is 4. The largest absolute Gasteiger partial charge is 0.409 e. The third-order valence-corrected chi connectivity index (χ3v) is 2.88. The number of nitrogens with one attached hydrogen (secondary N) is 1. The van der Waals surface area contributed by atoms with Crippen LogP contribution in [0.15, 0.2) is 41.7 Å². The zero-order chi connectivity index (χ0) is 15.4. The predicted molar refractivity (Wildman–Crippen MR) is 76.1 cm³/mol. The Bertz CT molecular complexity index is 704. The first kappa shape index (κ1) is 14.7. The molecule has 0 saturated heterocycles. The molecule has 1 aromatic heterocycles. The SMILES string of the molecule is NC(=NO)c1ccc(C(=O)Nc2ccc(Cl)c(F)c2)nc1. The van der Waals surface area contributed by atoms with Crippen LogP contribution in [0.4, 0.5) is 10.1 Å². The Hall–Kier alpha value is -2.67. The van der Waals surface area contributed by atoms with Crippen LogP contribution in [-0.2, 0) is 0 Å². The topological polar surface area (TPSA) is 101 Å². The predicted octanol–water partition coefficient (Wildman–Crippen LogP) is 2.22. The van der Waals surface area contributed by atoms with Crippen molar-refractivity contribution < 1.29 is 14.4 Å². The number of nitrogens with zero attached hydrogens (tertiary/aromatic N) is 2. The number of rotatable bonds is 3. The number of halogens is 2. The van der Waals surface area contributed by atoms with Gasteiger partial charge in [-0.05, 0) is 30.3 Å². The molecule has 108 valence electrons. The number of aromatic nitrogens is 1. The molecule has 1 amide bonds. The van der Waals surface area contributed by atoms with Crippen molar-refractivity contribution in [3.05, 3.63) is 58.6 Å². The molecular weight excluding hydrogens is 299 g/mol. The molecule has 2 rings (SSSR count). The number of pyridine rings is 1. The maximum absolute atomic E-state index is 13.3. The second-order valence-electron chi connectivity index (χ2n) is 4.00. The van der Waals surface area contributed by atoms with Gasteiger partial charge in [0.05, 0.1) is 5.02 Å². The fraction of sp³-hybridized carbons (Fsp3) is 0. The summed E-state index contributed by atoms with van der Waals surface area (Å²) in [6.07, 6.45) is 1.28. The first-order valence-corrected chi connectivity index (χ1v) is 6.09. The molecule has 4 N–H and O–H groups in total. The maximum Gasteiger partial charge on any atom is 0.274 e. The maximum atomic E-state index is 13.3. The molecule has 0 aliphatic heterocycles. The summed E-state index contributed by atoms with van der Waals surface area (Å²) in [6.45, 7) is 0. The highest BCUT2D eigenvalue weighted by Crippen LogP contribution is 2.19. The summed E-state index contributed by atoms with van der Waals surface area (Å²) in [5.74, 6) is -1.28. The van der Waals surface area contributed by atoms with Crippen molar-refractivity contribution >= 4 is 29.0 Å². The van der Waals surface area contributed by atoms with Gasteiger partial charge in [-0.15, -0.1) is 0 Å². The van der Waals surface area contributed by atoms with E-state index in [1.54, 1.807) is 0 Å². The van der Waals surface area contributed by atoms with Crippen LogP contribution in [0.2, 0.25) is 5.02 Å². The quantitative estimate of drug-likeness (QED) is 0.350. The van der Waals surface area contributed by atoms with Gasteiger partial charge in [0, 0.05) is 17.4 Å². The number of anilines is 1. The summed E-state index contributed by atoms with van der Waals surface area (Å²) in [5, 5.41) is 13.8. The van der Waals surface area contributed by atoms with E-state index >= 15 is 0 Å². The molecule has 21 heavy (non-hydrogen) atoms. The van der Waals surface area contributed by atoms with Crippen LogP contribution < -0.4 is 11.1 Å². The smallest absolute Gasteiger partial charge is 0.274 e. The van der Waals surface area contributed by atoms with Gasteiger partial charge in [0.2, 0.25) is 0 Å². The van der Waals surface area contributed by atoms with Crippen molar-refractivity contribution in [3.8, 4) is 0 Å². The third-order valence-electron chi connectivity index (χ3n) is 2.58. The van der Waals surface area contributed by atoms with E-state index in [0.29, 0.717) is 5.56 Å². The van der Waals surface area contributed by atoms with Gasteiger partial charge < -0.3 is 16.3 Å². The standard InChI is InChI=1S/C13H10ClFN4O2/c14-9-3-2-8(5-10(9)15)18-13(20)11-4-1-7(6-17-11)12(16)19-21/h1-6,21H,(H2,16,19)(H,18,20). The van der Waals surface area contributed by atoms with Crippen molar-refractivity contribution in [1.29, 1.82) is 0 Å². The Labute approximate surface area is 124 Å². The molecule has 1 heterocycles. The van der Waals surface area contributed by atoms with Crippen molar-refractivity contribution in [1.82, 2.24) is 4.98 Å². The number of nitrogens with two attached hydrogens (primary N) is 1. The van der Waals surface area contributed by atoms with E-state index in [0.717, 1.165) is 6.07 Å². The van der Waals surface area contributed by atoms with Crippen LogP contribution >= 0.6 is 11.6 Å². The van der Waals surface area contributed by atoms with Gasteiger partial charge in [-0.3, -0.25) is 9.78 Å². The Morgan fingerprint density at radius 3 is 2.71 bits per heavy atom. The molecule has 0 aliphatic rings. The molecular formula is C13H10ClFN4O2. The first-order chi connectivity index (χ1) is 10.0. The minimum absolute atomic E-state index is 0.0331. The van der Waals surface area contributed by atoms with Crippen molar-refractivity contribution in [2.24, 2.45) is 10.9 Å². The minimum Gasteiger partial charge on any atom is -0.409 e. The molecule has 0 fully saturated rings. The minimum atomic E-state index is -0.635. The lowest BCUT2D eigenvalue weighted by Crippen LogP contribution is -2.16. The van der Waals surface area contributed by atoms with E-state index in [1.165, 1.54) is 30.5 Å². The molecule has 8 heteroatoms. The lowest BCUT2D eigenvalue weighted by Gasteiger charge is -2.06. The number of carbonyl (C=O) groups is 1. The normalized spacial score (nSPS) is 11.2. The van der Waals surface area contributed by atoms with Crippen molar-refractivity contribution in [2.75, 3.05) is 5.32 Å². The summed E-state index contributed by atoms with van der Waals surface area (Å²) in [7, 11) is 0. The molecule has 0 bridgehead atoms. The summed E-state index contributed by atoms with van der Waals surface area (Å²) in [5.41, 5.74) is 6.10. The van der Waals surface area contributed by atoms with Crippen LogP contribution in [-0.4, -0.2) is 21.9 Å². The Kier molecular flexibility index (Phi) is 4.34. The number of carbonyl (C=O) groups excluding carboxylic acids is 1. The Morgan fingerprint density at radius 2 is 2.14 bits per heavy atom. The van der Waals surface area contributed by atoms with Crippen LogP contribution in [0.1, 0.15) is 16.1 Å². The molecule has 0 unspecified atom stereocenters. The van der Waals surface area contributed by atoms with Crippen LogP contribution in [0.5, 0.6) is 0 Å². The summed E-state index contributed by atoms with van der Waals surface area (Å²) >= 11 is 5.55. The van der Waals surface area contributed by atoms with Gasteiger partial charge in [-0.1, -0.05) is 16.8 Å². The van der Waals surface area contributed by atoms with E-state index in [2.05, 4.69) is 15.5 Å². The summed E-state index contributed by atoms with van der Waals surface area (Å²) in [4.78, 5) is 15.8. The van der Waals surface area contributed by atoms with Crippen LogP contribution in [0.3, 0.4) is 0 Å². The van der Waals surface area contributed by atoms with E-state index in [9.17, 15) is 9.18 Å². The molecule has 2 aromatic rings. The number of oxime groups is 1. The molecule has 1 aromatic carbocycles. The van der Waals surface area contributed by atoms with Crippen molar-refractivity contribution in [2.45, 2.75) is 0 Å². The fourth-order valence-corrected chi connectivity index (χ4v) is 1.62. The highest BCUT2D eigenvalue weighted by atomic mass is 35.5.